The summed E-state index contributed by atoms with van der Waals surface area (Å²) >= 11 is 1.77. The van der Waals surface area contributed by atoms with Crippen molar-refractivity contribution >= 4 is 34.0 Å². The van der Waals surface area contributed by atoms with E-state index in [9.17, 15) is 0 Å². The summed E-state index contributed by atoms with van der Waals surface area (Å²) in [5.74, 6) is 0.871. The molecule has 1 aliphatic heterocycles. The number of fused-ring (bicyclic) bond motifs is 3. The smallest absolute Gasteiger partial charge is 0.209 e. The highest BCUT2D eigenvalue weighted by Crippen LogP contribution is 2.37. The van der Waals surface area contributed by atoms with Gasteiger partial charge < -0.3 is 5.32 Å². The molecule has 0 spiro atoms. The van der Waals surface area contributed by atoms with Gasteiger partial charge in [0.1, 0.15) is 0 Å². The van der Waals surface area contributed by atoms with Gasteiger partial charge >= 0.3 is 0 Å². The van der Waals surface area contributed by atoms with E-state index in [-0.39, 0.29) is 6.04 Å². The van der Waals surface area contributed by atoms with Crippen molar-refractivity contribution in [1.29, 1.82) is 0 Å². The Balaban J connectivity index is 1.74. The monoisotopic (exact) mass is 330 g/mol. The molecule has 1 atom stereocenters. The third kappa shape index (κ3) is 2.06. The summed E-state index contributed by atoms with van der Waals surface area (Å²) < 4.78 is 2.26. The number of allylic oxidation sites excluding steroid dienone is 1. The molecule has 3 aromatic heterocycles. The molecule has 0 bridgehead atoms. The van der Waals surface area contributed by atoms with Gasteiger partial charge in [0.25, 0.3) is 0 Å². The normalized spacial score (nSPS) is 16.5. The number of imidazole rings is 1. The molecule has 1 aliphatic rings. The Morgan fingerprint density at radius 1 is 1.04 bits per heavy atom. The van der Waals surface area contributed by atoms with Crippen LogP contribution >= 0.6 is 11.3 Å². The van der Waals surface area contributed by atoms with Crippen LogP contribution in [-0.4, -0.2) is 14.5 Å². The van der Waals surface area contributed by atoms with E-state index in [1.54, 1.807) is 17.5 Å². The number of para-hydroxylation sites is 2. The van der Waals surface area contributed by atoms with Crippen LogP contribution in [-0.2, 0) is 0 Å². The maximum atomic E-state index is 4.78. The number of rotatable bonds is 2. The third-order valence-corrected chi connectivity index (χ3v) is 5.20. The van der Waals surface area contributed by atoms with Gasteiger partial charge in [-0.1, -0.05) is 18.2 Å². The number of thiophene rings is 1. The molecule has 0 unspecified atom stereocenters. The minimum Gasteiger partial charge on any atom is -0.325 e. The summed E-state index contributed by atoms with van der Waals surface area (Å²) in [6, 6.07) is 16.7. The van der Waals surface area contributed by atoms with E-state index in [2.05, 4.69) is 62.7 Å². The lowest BCUT2D eigenvalue weighted by Crippen LogP contribution is -2.18. The van der Waals surface area contributed by atoms with E-state index in [1.807, 2.05) is 18.3 Å². The van der Waals surface area contributed by atoms with Crippen molar-refractivity contribution in [2.24, 2.45) is 0 Å². The van der Waals surface area contributed by atoms with Crippen LogP contribution in [0.3, 0.4) is 0 Å². The highest BCUT2D eigenvalue weighted by molar-refractivity contribution is 7.10. The summed E-state index contributed by atoms with van der Waals surface area (Å²) in [6.07, 6.45) is 5.92. The second-order valence-corrected chi connectivity index (χ2v) is 6.68. The molecule has 4 nitrogen and oxygen atoms in total. The van der Waals surface area contributed by atoms with Crippen LogP contribution in [0.4, 0.5) is 5.95 Å². The third-order valence-electron chi connectivity index (χ3n) is 4.25. The quantitative estimate of drug-likeness (QED) is 0.586. The van der Waals surface area contributed by atoms with Gasteiger partial charge in [-0.25, -0.2) is 4.98 Å². The van der Waals surface area contributed by atoms with Crippen LogP contribution in [0.1, 0.15) is 16.5 Å². The molecule has 4 heterocycles. The Labute approximate surface area is 143 Å². The number of benzene rings is 1. The second kappa shape index (κ2) is 5.32. The summed E-state index contributed by atoms with van der Waals surface area (Å²) in [4.78, 5) is 10.3. The lowest BCUT2D eigenvalue weighted by Gasteiger charge is -2.25. The Kier molecular flexibility index (Phi) is 2.99. The van der Waals surface area contributed by atoms with Gasteiger partial charge in [0.05, 0.1) is 17.1 Å². The molecule has 0 aliphatic carbocycles. The van der Waals surface area contributed by atoms with Gasteiger partial charge in [0, 0.05) is 28.5 Å². The van der Waals surface area contributed by atoms with E-state index >= 15 is 0 Å². The predicted molar refractivity (Wildman–Crippen MR) is 98.0 cm³/mol. The lowest BCUT2D eigenvalue weighted by molar-refractivity contribution is 0.733. The van der Waals surface area contributed by atoms with Gasteiger partial charge in [-0.15, -0.1) is 11.3 Å². The number of pyridine rings is 1. The Morgan fingerprint density at radius 3 is 2.83 bits per heavy atom. The highest BCUT2D eigenvalue weighted by Gasteiger charge is 2.25. The number of aromatic nitrogens is 3. The van der Waals surface area contributed by atoms with E-state index < -0.39 is 0 Å². The van der Waals surface area contributed by atoms with Crippen molar-refractivity contribution in [1.82, 2.24) is 14.5 Å². The Hall–Kier alpha value is -2.92. The largest absolute Gasteiger partial charge is 0.325 e. The van der Waals surface area contributed by atoms with E-state index in [0.29, 0.717) is 0 Å². The van der Waals surface area contributed by atoms with Crippen LogP contribution in [0.5, 0.6) is 0 Å². The fraction of sp³-hybridized carbons (Fsp3) is 0.0526. The van der Waals surface area contributed by atoms with Crippen LogP contribution in [0, 0.1) is 0 Å². The first-order valence-corrected chi connectivity index (χ1v) is 8.68. The van der Waals surface area contributed by atoms with Crippen LogP contribution in [0.2, 0.25) is 0 Å². The van der Waals surface area contributed by atoms with Gasteiger partial charge in [-0.3, -0.25) is 9.55 Å². The van der Waals surface area contributed by atoms with Crippen molar-refractivity contribution in [3.05, 3.63) is 82.8 Å². The fourth-order valence-electron chi connectivity index (χ4n) is 3.17. The topological polar surface area (TPSA) is 42.7 Å². The minimum absolute atomic E-state index is 0.129. The number of anilines is 1. The molecule has 1 N–H and O–H groups in total. The molecule has 0 saturated carbocycles. The van der Waals surface area contributed by atoms with Crippen molar-refractivity contribution in [2.75, 3.05) is 5.32 Å². The van der Waals surface area contributed by atoms with Crippen LogP contribution < -0.4 is 5.32 Å². The van der Waals surface area contributed by atoms with Crippen molar-refractivity contribution in [3.8, 4) is 0 Å². The molecule has 4 aromatic rings. The summed E-state index contributed by atoms with van der Waals surface area (Å²) in [5, 5.41) is 5.59. The van der Waals surface area contributed by atoms with Crippen LogP contribution in [0.25, 0.3) is 16.7 Å². The molecule has 0 saturated heterocycles. The van der Waals surface area contributed by atoms with E-state index in [0.717, 1.165) is 28.2 Å². The van der Waals surface area contributed by atoms with Gasteiger partial charge in [-0.2, -0.15) is 0 Å². The highest BCUT2D eigenvalue weighted by atomic mass is 32.1. The standard InChI is InChI=1S/C19H14N4S/c1-2-7-16-14(6-1)21-19-22-15(13-5-3-9-20-12-13)11-17(23(16)19)18-8-4-10-24-18/h1-12,17H,(H,21,22)/t17-/m0/s1. The van der Waals surface area contributed by atoms with Gasteiger partial charge in [0.2, 0.25) is 5.95 Å². The summed E-state index contributed by atoms with van der Waals surface area (Å²) in [5.41, 5.74) is 4.25. The summed E-state index contributed by atoms with van der Waals surface area (Å²) in [7, 11) is 0. The first-order chi connectivity index (χ1) is 11.9. The predicted octanol–water partition coefficient (Wildman–Crippen LogP) is 4.55. The maximum Gasteiger partial charge on any atom is 0.209 e. The SMILES string of the molecule is C1=C(c2cccnc2)Nc2nc3ccccc3n2[C@@H]1c1cccs1. The first-order valence-electron chi connectivity index (χ1n) is 7.80. The van der Waals surface area contributed by atoms with Crippen molar-refractivity contribution in [3.63, 3.8) is 0 Å². The molecule has 24 heavy (non-hydrogen) atoms. The fourth-order valence-corrected chi connectivity index (χ4v) is 3.95. The molecule has 0 radical (unpaired) electrons. The van der Waals surface area contributed by atoms with Gasteiger partial charge in [0.15, 0.2) is 0 Å². The number of hydrogen-bond donors (Lipinski definition) is 1. The average molecular weight is 330 g/mol. The first kappa shape index (κ1) is 13.5. The summed E-state index contributed by atoms with van der Waals surface area (Å²) in [6.45, 7) is 0. The van der Waals surface area contributed by atoms with Crippen molar-refractivity contribution < 1.29 is 0 Å². The lowest BCUT2D eigenvalue weighted by atomic mass is 10.1. The zero-order valence-corrected chi connectivity index (χ0v) is 13.6. The van der Waals surface area contributed by atoms with E-state index in [1.165, 1.54) is 4.88 Å². The average Bonchev–Trinajstić information content (AvgIpc) is 3.29. The van der Waals surface area contributed by atoms with Crippen molar-refractivity contribution in [2.45, 2.75) is 6.04 Å². The zero-order chi connectivity index (χ0) is 15.9. The Morgan fingerprint density at radius 2 is 2.00 bits per heavy atom. The second-order valence-electron chi connectivity index (χ2n) is 5.70. The zero-order valence-electron chi connectivity index (χ0n) is 12.8. The molecule has 0 amide bonds. The van der Waals surface area contributed by atoms with Gasteiger partial charge in [-0.05, 0) is 41.8 Å². The molecule has 116 valence electrons. The number of nitrogens with one attached hydrogen (secondary N) is 1. The molecule has 1 aromatic carbocycles. The molecular formula is C19H14N4S. The number of hydrogen-bond acceptors (Lipinski definition) is 4. The Bertz CT molecular complexity index is 1030. The molecule has 0 fully saturated rings. The van der Waals surface area contributed by atoms with E-state index in [4.69, 9.17) is 4.98 Å². The van der Waals surface area contributed by atoms with Crippen LogP contribution in [0.15, 0.2) is 72.4 Å². The molecule has 5 rings (SSSR count). The molecule has 5 heteroatoms. The molecular weight excluding hydrogens is 316 g/mol. The number of nitrogens with zero attached hydrogens (tertiary/aromatic N) is 3. The minimum atomic E-state index is 0.129. The maximum absolute atomic E-state index is 4.78.